The van der Waals surface area contributed by atoms with E-state index in [0.29, 0.717) is 28.2 Å². The number of nitriles is 1. The van der Waals surface area contributed by atoms with Crippen LogP contribution in [0.3, 0.4) is 0 Å². The van der Waals surface area contributed by atoms with Crippen LogP contribution in [0.15, 0.2) is 17.0 Å². The molecular formula is C11H11NO2S. The first kappa shape index (κ1) is 11.6. The van der Waals surface area contributed by atoms with E-state index in [1.807, 2.05) is 6.07 Å². The van der Waals surface area contributed by atoms with E-state index >= 15 is 0 Å². The van der Waals surface area contributed by atoms with E-state index in [1.54, 1.807) is 26.0 Å². The molecule has 0 aliphatic carbocycles. The summed E-state index contributed by atoms with van der Waals surface area (Å²) in [5.41, 5.74) is 1.46. The fourth-order valence-electron chi connectivity index (χ4n) is 1.28. The molecule has 78 valence electrons. The summed E-state index contributed by atoms with van der Waals surface area (Å²) in [7, 11) is 0. The Kier molecular flexibility index (Phi) is 3.75. The highest BCUT2D eigenvalue weighted by Gasteiger charge is 2.16. The highest BCUT2D eigenvalue weighted by atomic mass is 32.1. The lowest BCUT2D eigenvalue weighted by molar-refractivity contribution is 0.0521. The summed E-state index contributed by atoms with van der Waals surface area (Å²) < 4.78 is 4.89. The second-order valence-corrected chi connectivity index (χ2v) is 3.45. The van der Waals surface area contributed by atoms with Gasteiger partial charge in [0.25, 0.3) is 0 Å². The number of esters is 1. The Morgan fingerprint density at radius 2 is 2.27 bits per heavy atom. The number of carbonyl (C=O) groups is 1. The first-order valence-electron chi connectivity index (χ1n) is 4.51. The van der Waals surface area contributed by atoms with Gasteiger partial charge in [-0.3, -0.25) is 0 Å². The van der Waals surface area contributed by atoms with Gasteiger partial charge in [0, 0.05) is 4.90 Å². The van der Waals surface area contributed by atoms with Crippen LogP contribution in [0.2, 0.25) is 0 Å². The smallest absolute Gasteiger partial charge is 0.339 e. The number of rotatable bonds is 2. The summed E-state index contributed by atoms with van der Waals surface area (Å²) >= 11 is 4.18. The molecule has 1 aromatic carbocycles. The molecule has 0 aliphatic rings. The van der Waals surface area contributed by atoms with Crippen LogP contribution in [0.5, 0.6) is 0 Å². The van der Waals surface area contributed by atoms with Gasteiger partial charge in [0.05, 0.1) is 23.8 Å². The number of nitrogens with zero attached hydrogens (tertiary/aromatic N) is 1. The Balaban J connectivity index is 3.28. The van der Waals surface area contributed by atoms with Crippen molar-refractivity contribution in [3.63, 3.8) is 0 Å². The molecule has 0 aromatic heterocycles. The van der Waals surface area contributed by atoms with Crippen molar-refractivity contribution in [3.8, 4) is 6.07 Å². The predicted molar refractivity (Wildman–Crippen MR) is 59.1 cm³/mol. The summed E-state index contributed by atoms with van der Waals surface area (Å²) in [5.74, 6) is -0.433. The summed E-state index contributed by atoms with van der Waals surface area (Å²) in [6.45, 7) is 3.76. The van der Waals surface area contributed by atoms with Crippen molar-refractivity contribution in [1.82, 2.24) is 0 Å². The molecule has 0 amide bonds. The minimum Gasteiger partial charge on any atom is -0.462 e. The van der Waals surface area contributed by atoms with E-state index in [1.165, 1.54) is 0 Å². The zero-order valence-corrected chi connectivity index (χ0v) is 9.47. The maximum absolute atomic E-state index is 11.6. The second kappa shape index (κ2) is 4.85. The number of thiol groups is 1. The van der Waals surface area contributed by atoms with Crippen LogP contribution in [0.25, 0.3) is 0 Å². The van der Waals surface area contributed by atoms with Crippen LogP contribution in [0, 0.1) is 18.3 Å². The molecule has 0 radical (unpaired) electrons. The zero-order valence-electron chi connectivity index (χ0n) is 8.57. The normalized spacial score (nSPS) is 9.47. The van der Waals surface area contributed by atoms with E-state index in [2.05, 4.69) is 12.6 Å². The third kappa shape index (κ3) is 2.31. The molecule has 0 fully saturated rings. The third-order valence-electron chi connectivity index (χ3n) is 2.04. The van der Waals surface area contributed by atoms with Gasteiger partial charge in [-0.15, -0.1) is 12.6 Å². The Morgan fingerprint density at radius 3 is 2.80 bits per heavy atom. The van der Waals surface area contributed by atoms with Gasteiger partial charge in [-0.25, -0.2) is 4.79 Å². The molecule has 15 heavy (non-hydrogen) atoms. The SMILES string of the molecule is CCOC(=O)c1c(S)ccc(C#N)c1C. The van der Waals surface area contributed by atoms with Crippen molar-refractivity contribution in [2.24, 2.45) is 0 Å². The van der Waals surface area contributed by atoms with Crippen LogP contribution in [0.1, 0.15) is 28.4 Å². The van der Waals surface area contributed by atoms with E-state index in [4.69, 9.17) is 10.00 Å². The third-order valence-corrected chi connectivity index (χ3v) is 2.42. The summed E-state index contributed by atoms with van der Waals surface area (Å²) in [6.07, 6.45) is 0. The van der Waals surface area contributed by atoms with E-state index in [0.717, 1.165) is 0 Å². The Morgan fingerprint density at radius 1 is 1.60 bits per heavy atom. The van der Waals surface area contributed by atoms with E-state index in [-0.39, 0.29) is 0 Å². The number of ether oxygens (including phenoxy) is 1. The maximum Gasteiger partial charge on any atom is 0.339 e. The lowest BCUT2D eigenvalue weighted by Crippen LogP contribution is -2.08. The number of carbonyl (C=O) groups excluding carboxylic acids is 1. The average molecular weight is 221 g/mol. The number of hydrogen-bond donors (Lipinski definition) is 1. The molecule has 0 heterocycles. The van der Waals surface area contributed by atoms with Crippen molar-refractivity contribution in [1.29, 1.82) is 5.26 Å². The van der Waals surface area contributed by atoms with Gasteiger partial charge in [0.15, 0.2) is 0 Å². The molecule has 1 aromatic rings. The van der Waals surface area contributed by atoms with Gasteiger partial charge in [-0.1, -0.05) is 0 Å². The summed E-state index contributed by atoms with van der Waals surface area (Å²) in [6, 6.07) is 5.28. The monoisotopic (exact) mass is 221 g/mol. The van der Waals surface area contributed by atoms with Gasteiger partial charge in [0.1, 0.15) is 0 Å². The lowest BCUT2D eigenvalue weighted by atomic mass is 10.0. The first-order chi connectivity index (χ1) is 7.11. The van der Waals surface area contributed by atoms with Crippen molar-refractivity contribution in [2.45, 2.75) is 18.7 Å². The molecule has 0 spiro atoms. The summed E-state index contributed by atoms with van der Waals surface area (Å²) in [4.78, 5) is 12.1. The van der Waals surface area contributed by atoms with Crippen LogP contribution in [-0.2, 0) is 4.74 Å². The molecule has 1 rings (SSSR count). The topological polar surface area (TPSA) is 50.1 Å². The largest absolute Gasteiger partial charge is 0.462 e. The van der Waals surface area contributed by atoms with Crippen molar-refractivity contribution < 1.29 is 9.53 Å². The van der Waals surface area contributed by atoms with Gasteiger partial charge >= 0.3 is 5.97 Å². The van der Waals surface area contributed by atoms with Crippen LogP contribution >= 0.6 is 12.6 Å². The standard InChI is InChI=1S/C11H11NO2S/c1-3-14-11(13)10-7(2)8(6-12)4-5-9(10)15/h4-5,15H,3H2,1-2H3. The number of benzene rings is 1. The lowest BCUT2D eigenvalue weighted by Gasteiger charge is -2.08. The van der Waals surface area contributed by atoms with Crippen LogP contribution < -0.4 is 0 Å². The van der Waals surface area contributed by atoms with Gasteiger partial charge < -0.3 is 4.74 Å². The van der Waals surface area contributed by atoms with Gasteiger partial charge in [-0.05, 0) is 31.5 Å². The first-order valence-corrected chi connectivity index (χ1v) is 4.96. The number of hydrogen-bond acceptors (Lipinski definition) is 4. The molecular weight excluding hydrogens is 210 g/mol. The Hall–Kier alpha value is -1.47. The zero-order chi connectivity index (χ0) is 11.4. The van der Waals surface area contributed by atoms with Crippen LogP contribution in [0.4, 0.5) is 0 Å². The molecule has 0 aliphatic heterocycles. The molecule has 0 N–H and O–H groups in total. The quantitative estimate of drug-likeness (QED) is 0.616. The molecule has 4 heteroatoms. The highest BCUT2D eigenvalue weighted by molar-refractivity contribution is 7.80. The fourth-order valence-corrected chi connectivity index (χ4v) is 1.61. The minimum atomic E-state index is -0.433. The molecule has 3 nitrogen and oxygen atoms in total. The average Bonchev–Trinajstić information content (AvgIpc) is 2.18. The minimum absolute atomic E-state index is 0.308. The molecule has 0 unspecified atom stereocenters. The van der Waals surface area contributed by atoms with Gasteiger partial charge in [0.2, 0.25) is 0 Å². The van der Waals surface area contributed by atoms with Crippen molar-refractivity contribution in [3.05, 3.63) is 28.8 Å². The Labute approximate surface area is 94.1 Å². The Bertz CT molecular complexity index is 435. The van der Waals surface area contributed by atoms with Crippen molar-refractivity contribution >= 4 is 18.6 Å². The van der Waals surface area contributed by atoms with Crippen molar-refractivity contribution in [2.75, 3.05) is 6.61 Å². The molecule has 0 saturated carbocycles. The highest BCUT2D eigenvalue weighted by Crippen LogP contribution is 2.22. The van der Waals surface area contributed by atoms with Crippen LogP contribution in [-0.4, -0.2) is 12.6 Å². The predicted octanol–water partition coefficient (Wildman–Crippen LogP) is 2.33. The second-order valence-electron chi connectivity index (χ2n) is 2.96. The van der Waals surface area contributed by atoms with Gasteiger partial charge in [-0.2, -0.15) is 5.26 Å². The fraction of sp³-hybridized carbons (Fsp3) is 0.273. The maximum atomic E-state index is 11.6. The molecule has 0 bridgehead atoms. The van der Waals surface area contributed by atoms with E-state index in [9.17, 15) is 4.79 Å². The molecule has 0 saturated heterocycles. The molecule has 0 atom stereocenters. The summed E-state index contributed by atoms with van der Waals surface area (Å²) in [5, 5.41) is 8.82. The van der Waals surface area contributed by atoms with E-state index < -0.39 is 5.97 Å².